The molecule has 1 N–H and O–H groups in total. The molecule has 1 aliphatic heterocycles. The highest BCUT2D eigenvalue weighted by Crippen LogP contribution is 2.47. The van der Waals surface area contributed by atoms with Crippen molar-refractivity contribution in [2.75, 3.05) is 4.72 Å². The number of aryl methyl sites for hydroxylation is 3. The molecule has 138 valence electrons. The fourth-order valence-electron chi connectivity index (χ4n) is 3.39. The van der Waals surface area contributed by atoms with Crippen LogP contribution < -0.4 is 9.46 Å². The van der Waals surface area contributed by atoms with E-state index in [-0.39, 0.29) is 0 Å². The maximum Gasteiger partial charge on any atom is 0.262 e. The van der Waals surface area contributed by atoms with Crippen LogP contribution in [0, 0.1) is 20.8 Å². The zero-order valence-electron chi connectivity index (χ0n) is 15.2. The molecular weight excluding hydrogens is 378 g/mol. The number of anilines is 1. The molecule has 0 aliphatic carbocycles. The fourth-order valence-corrected chi connectivity index (χ4v) is 5.88. The Kier molecular flexibility index (Phi) is 4.40. The van der Waals surface area contributed by atoms with E-state index in [0.29, 0.717) is 10.6 Å². The van der Waals surface area contributed by atoms with Crippen molar-refractivity contribution in [2.24, 2.45) is 0 Å². The molecule has 0 unspecified atom stereocenters. The molecule has 1 heterocycles. The first-order valence-corrected chi connectivity index (χ1v) is 10.8. The van der Waals surface area contributed by atoms with E-state index in [4.69, 9.17) is 4.74 Å². The molecule has 1 aliphatic rings. The number of fused-ring (bicyclic) bond motifs is 2. The lowest BCUT2D eigenvalue weighted by atomic mass is 10.1. The lowest BCUT2D eigenvalue weighted by molar-refractivity contribution is 0.454. The average Bonchev–Trinajstić information content (AvgIpc) is 2.58. The normalized spacial score (nSPS) is 12.7. The third-order valence-corrected chi connectivity index (χ3v) is 7.14. The van der Waals surface area contributed by atoms with Gasteiger partial charge in [0, 0.05) is 0 Å². The second kappa shape index (κ2) is 6.62. The molecule has 3 aromatic carbocycles. The van der Waals surface area contributed by atoms with E-state index in [9.17, 15) is 8.42 Å². The van der Waals surface area contributed by atoms with Crippen LogP contribution in [-0.4, -0.2) is 8.42 Å². The predicted molar refractivity (Wildman–Crippen MR) is 109 cm³/mol. The largest absolute Gasteiger partial charge is 0.455 e. The van der Waals surface area contributed by atoms with Crippen molar-refractivity contribution in [1.82, 2.24) is 0 Å². The van der Waals surface area contributed by atoms with Crippen LogP contribution in [0.5, 0.6) is 11.5 Å². The first-order chi connectivity index (χ1) is 12.8. The Hall–Kier alpha value is -2.44. The van der Waals surface area contributed by atoms with Gasteiger partial charge in [0.1, 0.15) is 11.5 Å². The molecule has 6 heteroatoms. The second-order valence-electron chi connectivity index (χ2n) is 6.65. The van der Waals surface area contributed by atoms with Crippen LogP contribution >= 0.6 is 11.8 Å². The maximum absolute atomic E-state index is 13.0. The van der Waals surface area contributed by atoms with Crippen molar-refractivity contribution < 1.29 is 13.2 Å². The molecule has 4 rings (SSSR count). The summed E-state index contributed by atoms with van der Waals surface area (Å²) >= 11 is 1.57. The third-order valence-electron chi connectivity index (χ3n) is 4.36. The van der Waals surface area contributed by atoms with Gasteiger partial charge < -0.3 is 4.74 Å². The molecular formula is C21H19NO3S2. The van der Waals surface area contributed by atoms with Crippen LogP contribution in [-0.2, 0) is 10.0 Å². The Morgan fingerprint density at radius 2 is 1.52 bits per heavy atom. The number of para-hydroxylation sites is 1. The predicted octanol–water partition coefficient (Wildman–Crippen LogP) is 5.67. The van der Waals surface area contributed by atoms with E-state index >= 15 is 0 Å². The van der Waals surface area contributed by atoms with Crippen molar-refractivity contribution in [1.29, 1.82) is 0 Å². The van der Waals surface area contributed by atoms with E-state index in [1.54, 1.807) is 23.9 Å². The van der Waals surface area contributed by atoms with Gasteiger partial charge in [0.15, 0.2) is 0 Å². The lowest BCUT2D eigenvalue weighted by Crippen LogP contribution is -2.16. The summed E-state index contributed by atoms with van der Waals surface area (Å²) in [5.41, 5.74) is 3.04. The van der Waals surface area contributed by atoms with Crippen LogP contribution in [0.25, 0.3) is 0 Å². The van der Waals surface area contributed by atoms with Crippen LogP contribution in [0.2, 0.25) is 0 Å². The van der Waals surface area contributed by atoms with Crippen molar-refractivity contribution in [3.8, 4) is 11.5 Å². The van der Waals surface area contributed by atoms with Crippen molar-refractivity contribution in [3.63, 3.8) is 0 Å². The Morgan fingerprint density at radius 1 is 0.852 bits per heavy atom. The van der Waals surface area contributed by atoms with Crippen molar-refractivity contribution in [3.05, 3.63) is 71.3 Å². The summed E-state index contributed by atoms with van der Waals surface area (Å²) in [6, 6.07) is 16.9. The number of hydrogen-bond acceptors (Lipinski definition) is 4. The van der Waals surface area contributed by atoms with E-state index in [0.717, 1.165) is 38.0 Å². The van der Waals surface area contributed by atoms with Gasteiger partial charge in [-0.1, -0.05) is 41.6 Å². The number of nitrogens with one attached hydrogen (secondary N) is 1. The summed E-state index contributed by atoms with van der Waals surface area (Å²) in [7, 11) is -3.68. The molecule has 0 aromatic heterocycles. The Balaban J connectivity index is 1.67. The number of benzene rings is 3. The monoisotopic (exact) mass is 397 g/mol. The molecule has 0 atom stereocenters. The Morgan fingerprint density at radius 3 is 2.26 bits per heavy atom. The van der Waals surface area contributed by atoms with Crippen LogP contribution in [0.4, 0.5) is 5.69 Å². The molecule has 0 spiro atoms. The van der Waals surface area contributed by atoms with Gasteiger partial charge in [0.2, 0.25) is 0 Å². The average molecular weight is 398 g/mol. The topological polar surface area (TPSA) is 55.4 Å². The third kappa shape index (κ3) is 3.42. The standard InChI is InChI=1S/C21H19NO3S2/c1-13-10-14(2)21(15(3)11-13)27(23,24)22-16-8-9-18-20(12-16)26-19-7-5-4-6-17(19)25-18/h4-12,22H,1-3H3. The van der Waals surface area contributed by atoms with Crippen molar-refractivity contribution >= 4 is 27.5 Å². The second-order valence-corrected chi connectivity index (χ2v) is 9.35. The quantitative estimate of drug-likeness (QED) is 0.484. The fraction of sp³-hybridized carbons (Fsp3) is 0.143. The lowest BCUT2D eigenvalue weighted by Gasteiger charge is -2.20. The molecule has 0 amide bonds. The SMILES string of the molecule is Cc1cc(C)c(S(=O)(=O)Nc2ccc3c(c2)Sc2ccccc2O3)c(C)c1. The van der Waals surface area contributed by atoms with Gasteiger partial charge in [-0.2, -0.15) is 0 Å². The molecule has 0 saturated carbocycles. The van der Waals surface area contributed by atoms with E-state index < -0.39 is 10.0 Å². The summed E-state index contributed by atoms with van der Waals surface area (Å²) in [4.78, 5) is 2.22. The summed E-state index contributed by atoms with van der Waals surface area (Å²) in [5, 5.41) is 0. The summed E-state index contributed by atoms with van der Waals surface area (Å²) in [5.74, 6) is 1.54. The summed E-state index contributed by atoms with van der Waals surface area (Å²) < 4.78 is 34.6. The van der Waals surface area contributed by atoms with Gasteiger partial charge in [-0.15, -0.1) is 0 Å². The minimum absolute atomic E-state index is 0.333. The molecule has 0 bridgehead atoms. The van der Waals surface area contributed by atoms with Crippen LogP contribution in [0.3, 0.4) is 0 Å². The highest BCUT2D eigenvalue weighted by Gasteiger charge is 2.22. The van der Waals surface area contributed by atoms with E-state index in [1.807, 2.05) is 63.2 Å². The molecule has 0 fully saturated rings. The number of ether oxygens (including phenoxy) is 1. The van der Waals surface area contributed by atoms with Gasteiger partial charge in [0.25, 0.3) is 10.0 Å². The minimum Gasteiger partial charge on any atom is -0.455 e. The molecule has 3 aromatic rings. The highest BCUT2D eigenvalue weighted by atomic mass is 32.2. The van der Waals surface area contributed by atoms with Gasteiger partial charge in [0.05, 0.1) is 20.4 Å². The summed E-state index contributed by atoms with van der Waals surface area (Å²) in [6.45, 7) is 5.60. The van der Waals surface area contributed by atoms with Gasteiger partial charge >= 0.3 is 0 Å². The Bertz CT molecular complexity index is 1130. The maximum atomic E-state index is 13.0. The zero-order chi connectivity index (χ0) is 19.2. The Labute approximate surface area is 163 Å². The van der Waals surface area contributed by atoms with E-state index in [2.05, 4.69) is 4.72 Å². The molecule has 0 radical (unpaired) electrons. The van der Waals surface area contributed by atoms with Gasteiger partial charge in [-0.05, 0) is 62.2 Å². The smallest absolute Gasteiger partial charge is 0.262 e. The summed E-state index contributed by atoms with van der Waals surface area (Å²) in [6.07, 6.45) is 0. The molecule has 0 saturated heterocycles. The van der Waals surface area contributed by atoms with E-state index in [1.165, 1.54) is 0 Å². The number of hydrogen-bond donors (Lipinski definition) is 1. The van der Waals surface area contributed by atoms with Gasteiger partial charge in [-0.3, -0.25) is 4.72 Å². The number of rotatable bonds is 3. The molecule has 27 heavy (non-hydrogen) atoms. The molecule has 4 nitrogen and oxygen atoms in total. The van der Waals surface area contributed by atoms with Gasteiger partial charge in [-0.25, -0.2) is 8.42 Å². The van der Waals surface area contributed by atoms with Crippen LogP contribution in [0.1, 0.15) is 16.7 Å². The van der Waals surface area contributed by atoms with Crippen molar-refractivity contribution in [2.45, 2.75) is 35.5 Å². The highest BCUT2D eigenvalue weighted by molar-refractivity contribution is 7.99. The first-order valence-electron chi connectivity index (χ1n) is 8.53. The minimum atomic E-state index is -3.68. The zero-order valence-corrected chi connectivity index (χ0v) is 16.9. The van der Waals surface area contributed by atoms with Crippen LogP contribution in [0.15, 0.2) is 69.3 Å². The first kappa shape index (κ1) is 17.9. The number of sulfonamides is 1.